The molecule has 0 aromatic heterocycles. The van der Waals surface area contributed by atoms with Crippen LogP contribution < -0.4 is 5.32 Å². The number of hydrogen-bond donors (Lipinski definition) is 3. The Morgan fingerprint density at radius 1 is 0.816 bits per heavy atom. The van der Waals surface area contributed by atoms with Gasteiger partial charge in [-0.15, -0.1) is 6.42 Å². The predicted octanol–water partition coefficient (Wildman–Crippen LogP) is 5.60. The molecule has 0 saturated heterocycles. The number of terminal acetylenes is 1. The summed E-state index contributed by atoms with van der Waals surface area (Å²) in [6.45, 7) is 2.88. The van der Waals surface area contributed by atoms with Gasteiger partial charge in [0.25, 0.3) is 0 Å². The first-order valence-corrected chi connectivity index (χ1v) is 12.7. The van der Waals surface area contributed by atoms with Crippen molar-refractivity contribution in [3.05, 3.63) is 0 Å². The van der Waals surface area contributed by atoms with Crippen LogP contribution in [-0.2, 0) is 19.1 Å². The van der Waals surface area contributed by atoms with Gasteiger partial charge in [-0.05, 0) is 36.0 Å². The number of esters is 1. The number of amides is 1. The topological polar surface area (TPSA) is 105 Å². The Balaban J connectivity index is -0.0000000403. The van der Waals surface area contributed by atoms with Gasteiger partial charge in [0, 0.05) is 64.7 Å². The number of unbranched alkanes of at least 4 members (excludes halogenated alkanes) is 9. The van der Waals surface area contributed by atoms with Crippen molar-refractivity contribution >= 4 is 11.9 Å². The lowest BCUT2D eigenvalue weighted by molar-refractivity contribution is -0.157. The zero-order valence-electron chi connectivity index (χ0n) is 22.6. The molecule has 0 bridgehead atoms. The van der Waals surface area contributed by atoms with Gasteiger partial charge >= 0.3 is 5.97 Å². The molecule has 226 valence electrons. The number of carbonyl (C=O) groups excluding carboxylic acids is 2. The van der Waals surface area contributed by atoms with Crippen LogP contribution in [0.15, 0.2) is 0 Å². The molecule has 7 heteroatoms. The van der Waals surface area contributed by atoms with E-state index in [0.717, 1.165) is 19.3 Å². The van der Waals surface area contributed by atoms with Crippen molar-refractivity contribution < 1.29 is 45.0 Å². The number of hydrogen-bond acceptors (Lipinski definition) is 6. The molecule has 0 unspecified atom stereocenters. The lowest BCUT2D eigenvalue weighted by Gasteiger charge is -2.14. The van der Waals surface area contributed by atoms with E-state index in [0.29, 0.717) is 6.42 Å². The molecular formula is C31H61NO6. The van der Waals surface area contributed by atoms with Gasteiger partial charge in [-0.3, -0.25) is 14.9 Å². The van der Waals surface area contributed by atoms with E-state index in [9.17, 15) is 9.59 Å². The summed E-state index contributed by atoms with van der Waals surface area (Å²) in [5.41, 5.74) is 0. The fourth-order valence-electron chi connectivity index (χ4n) is 2.72. The number of aliphatic hydroxyl groups is 2. The molecular weight excluding hydrogens is 482 g/mol. The van der Waals surface area contributed by atoms with Crippen molar-refractivity contribution in [3.8, 4) is 71.7 Å². The quantitative estimate of drug-likeness (QED) is 0.0769. The Bertz CT molecular complexity index is 1040. The molecule has 0 radical (unpaired) electrons. The maximum atomic E-state index is 11.6. The van der Waals surface area contributed by atoms with Crippen LogP contribution in [0, 0.1) is 71.7 Å². The smallest absolute Gasteiger partial charge is 0.306 e. The number of aliphatic hydroxyl groups excluding tert-OH is 2. The Hall–Kier alpha value is -3.82. The normalized spacial score (nSPS) is 9.13. The molecule has 0 aromatic rings. The van der Waals surface area contributed by atoms with E-state index in [1.807, 2.05) is 0 Å². The maximum absolute atomic E-state index is 11.6. The molecule has 0 aromatic carbocycles. The third-order valence-corrected chi connectivity index (χ3v) is 4.50. The minimum absolute atomic E-state index is 0. The van der Waals surface area contributed by atoms with E-state index in [4.69, 9.17) is 26.1 Å². The average Bonchev–Trinajstić information content (AvgIpc) is 2.91. The van der Waals surface area contributed by atoms with Crippen LogP contribution in [0.4, 0.5) is 0 Å². The first-order valence-electron chi connectivity index (χ1n) is 12.7. The minimum atomic E-state index is -0.678. The molecule has 0 rings (SSSR count). The van der Waals surface area contributed by atoms with E-state index in [1.54, 1.807) is 0 Å². The van der Waals surface area contributed by atoms with Gasteiger partial charge in [0.1, 0.15) is 12.9 Å². The first-order chi connectivity index (χ1) is 18.5. The van der Waals surface area contributed by atoms with Crippen molar-refractivity contribution in [1.29, 1.82) is 0 Å². The fraction of sp³-hybridized carbons (Fsp3) is 0.548. The summed E-state index contributed by atoms with van der Waals surface area (Å²) in [5, 5.41) is 19.8. The van der Waals surface area contributed by atoms with Gasteiger partial charge in [-0.25, -0.2) is 0 Å². The van der Waals surface area contributed by atoms with E-state index >= 15 is 0 Å². The minimum Gasteiger partial charge on any atom is -0.457 e. The summed E-state index contributed by atoms with van der Waals surface area (Å²) in [4.78, 5) is 21.9. The summed E-state index contributed by atoms with van der Waals surface area (Å²) in [6.07, 6.45) is 16.8. The van der Waals surface area contributed by atoms with Crippen LogP contribution >= 0.6 is 0 Å². The second kappa shape index (κ2) is 31.2. The molecule has 0 spiro atoms. The summed E-state index contributed by atoms with van der Waals surface area (Å²) < 4.78 is 9.77. The summed E-state index contributed by atoms with van der Waals surface area (Å²) in [7, 11) is 0. The zero-order valence-corrected chi connectivity index (χ0v) is 22.6. The van der Waals surface area contributed by atoms with Crippen LogP contribution in [-0.4, -0.2) is 48.2 Å². The Morgan fingerprint density at radius 3 is 1.79 bits per heavy atom. The molecule has 0 fully saturated rings. The van der Waals surface area contributed by atoms with Crippen molar-refractivity contribution in [3.63, 3.8) is 0 Å². The van der Waals surface area contributed by atoms with Crippen LogP contribution in [0.2, 0.25) is 0 Å². The van der Waals surface area contributed by atoms with E-state index < -0.39 is 12.9 Å². The number of carbonyl (C=O) groups is 2. The Morgan fingerprint density at radius 2 is 1.32 bits per heavy atom. The Kier molecular flexibility index (Phi) is 29.8. The number of nitrogens with one attached hydrogen (secondary N) is 1. The molecule has 1 amide bonds. The van der Waals surface area contributed by atoms with Gasteiger partial charge in [0.15, 0.2) is 0 Å². The van der Waals surface area contributed by atoms with E-state index in [-0.39, 0.29) is 40.8 Å². The molecule has 0 heterocycles. The molecule has 0 saturated carbocycles. The summed E-state index contributed by atoms with van der Waals surface area (Å²) in [5.74, 6) is 23.2. The molecule has 7 nitrogen and oxygen atoms in total. The highest BCUT2D eigenvalue weighted by Gasteiger charge is 2.13. The first kappa shape index (κ1) is 36.3. The highest BCUT2D eigenvalue weighted by atomic mass is 16.6. The van der Waals surface area contributed by atoms with Crippen molar-refractivity contribution in [2.75, 3.05) is 20.0 Å². The van der Waals surface area contributed by atoms with Crippen molar-refractivity contribution in [2.24, 2.45) is 0 Å². The van der Waals surface area contributed by atoms with Gasteiger partial charge in [-0.2, -0.15) is 0 Å². The lowest BCUT2D eigenvalue weighted by atomic mass is 10.1. The molecule has 0 aliphatic carbocycles. The summed E-state index contributed by atoms with van der Waals surface area (Å²) in [6, 6.07) is 2.33. The molecule has 3 N–H and O–H groups in total. The highest BCUT2D eigenvalue weighted by Crippen LogP contribution is 2.11. The largest absolute Gasteiger partial charge is 0.457 e. The van der Waals surface area contributed by atoms with Gasteiger partial charge in [-0.1, -0.05) is 64.7 Å². The predicted molar refractivity (Wildman–Crippen MR) is 171 cm³/mol. The molecule has 38 heavy (non-hydrogen) atoms. The SMILES string of the molecule is C#CC#CC#CC#CC#CC#CNC(C)=O.CCCCCCCCCCCCC(=O)O[C@H](CO)COCO.[HH].[HH].[HH].[HH].[HH].[HH].[HH].[HH].[HH].[HH].[HH]. The van der Waals surface area contributed by atoms with Crippen LogP contribution in [0.3, 0.4) is 0 Å². The number of rotatable bonds is 16. The Labute approximate surface area is 245 Å². The maximum Gasteiger partial charge on any atom is 0.306 e. The molecule has 0 aliphatic rings. The monoisotopic (exact) mass is 543 g/mol. The molecule has 1 atom stereocenters. The second-order valence-electron chi connectivity index (χ2n) is 7.80. The van der Waals surface area contributed by atoms with Gasteiger partial charge < -0.3 is 19.7 Å². The highest BCUT2D eigenvalue weighted by molar-refractivity contribution is 5.74. The fourth-order valence-corrected chi connectivity index (χ4v) is 2.72. The van der Waals surface area contributed by atoms with Gasteiger partial charge in [0.05, 0.1) is 13.2 Å². The third kappa shape index (κ3) is 32.2. The van der Waals surface area contributed by atoms with Crippen LogP contribution in [0.5, 0.6) is 0 Å². The lowest BCUT2D eigenvalue weighted by Crippen LogP contribution is -2.27. The average molecular weight is 544 g/mol. The van der Waals surface area contributed by atoms with E-state index in [1.165, 1.54) is 51.9 Å². The standard InChI is InChI=1S/C17H34O5.C14H5NO.11H2/c1-2-3-4-5-6-7-8-9-10-11-12-17(20)22-16(13-18)14-21-15-19;1-3-4-5-6-7-8-9-10-11-12-13-15-14(2)16;;;;;;;;;;;/h16,18-19H,2-15H2,1H3;1H,2H3,(H,15,16);11*1H/t16-;;;;;;;;;;;;/m1............/s1. The van der Waals surface area contributed by atoms with E-state index in [2.05, 4.69) is 77.5 Å². The zero-order chi connectivity index (χ0) is 28.5. The van der Waals surface area contributed by atoms with Crippen LogP contribution in [0.1, 0.15) is 100 Å². The van der Waals surface area contributed by atoms with Crippen LogP contribution in [0.25, 0.3) is 0 Å². The summed E-state index contributed by atoms with van der Waals surface area (Å²) >= 11 is 0. The van der Waals surface area contributed by atoms with Crippen molar-refractivity contribution in [2.45, 2.75) is 90.6 Å². The van der Waals surface area contributed by atoms with Crippen molar-refractivity contribution in [1.82, 2.24) is 5.32 Å². The van der Waals surface area contributed by atoms with Gasteiger partial charge in [0.2, 0.25) is 5.91 Å². The third-order valence-electron chi connectivity index (χ3n) is 4.50. The molecule has 0 aliphatic heterocycles. The second-order valence-corrected chi connectivity index (χ2v) is 7.80. The number of ether oxygens (including phenoxy) is 2.